The van der Waals surface area contributed by atoms with Crippen LogP contribution in [0, 0.1) is 5.41 Å². The highest BCUT2D eigenvalue weighted by Gasteiger charge is 2.51. The van der Waals surface area contributed by atoms with Gasteiger partial charge in [-0.15, -0.1) is 0 Å². The van der Waals surface area contributed by atoms with Gasteiger partial charge in [-0.1, -0.05) is 54.6 Å². The minimum absolute atomic E-state index is 0.0220. The molecule has 1 aliphatic heterocycles. The van der Waals surface area contributed by atoms with Gasteiger partial charge in [0.05, 0.1) is 13.7 Å². The zero-order valence-corrected chi connectivity index (χ0v) is 19.5. The van der Waals surface area contributed by atoms with Gasteiger partial charge in [0.15, 0.2) is 0 Å². The number of nitrogen functional groups attached to an aromatic ring is 1. The highest BCUT2D eigenvalue weighted by Crippen LogP contribution is 2.35. The van der Waals surface area contributed by atoms with Crippen molar-refractivity contribution in [1.29, 1.82) is 5.41 Å². The van der Waals surface area contributed by atoms with Gasteiger partial charge >= 0.3 is 12.0 Å². The molecule has 0 aromatic heterocycles. The number of hydrogen-bond donors (Lipinski definition) is 3. The third-order valence-electron chi connectivity index (χ3n) is 6.41. The molecule has 8 heteroatoms. The Morgan fingerprint density at radius 3 is 2.49 bits per heavy atom. The minimum Gasteiger partial charge on any atom is -0.469 e. The number of carbonyl (C=O) groups excluding carboxylic acids is 3. The highest BCUT2D eigenvalue weighted by molar-refractivity contribution is 6.07. The van der Waals surface area contributed by atoms with Gasteiger partial charge < -0.3 is 15.8 Å². The van der Waals surface area contributed by atoms with Gasteiger partial charge in [0.2, 0.25) is 0 Å². The van der Waals surface area contributed by atoms with Crippen molar-refractivity contribution in [3.05, 3.63) is 83.4 Å². The molecule has 3 aromatic carbocycles. The van der Waals surface area contributed by atoms with Crippen LogP contribution in [-0.4, -0.2) is 35.8 Å². The predicted octanol–water partition coefficient (Wildman–Crippen LogP) is 3.80. The Hall–Kier alpha value is -4.20. The van der Waals surface area contributed by atoms with Gasteiger partial charge in [0, 0.05) is 12.0 Å². The number of hydrogen-bond acceptors (Lipinski definition) is 5. The molecule has 1 heterocycles. The van der Waals surface area contributed by atoms with E-state index < -0.39 is 11.6 Å². The van der Waals surface area contributed by atoms with Crippen molar-refractivity contribution < 1.29 is 19.1 Å². The molecule has 1 saturated heterocycles. The quantitative estimate of drug-likeness (QED) is 0.144. The molecule has 0 radical (unpaired) electrons. The second kappa shape index (κ2) is 9.97. The summed E-state index contributed by atoms with van der Waals surface area (Å²) < 4.78 is 4.70. The molecule has 1 atom stereocenters. The number of nitrogens with one attached hydrogen (secondary N) is 2. The Kier molecular flexibility index (Phi) is 6.82. The van der Waals surface area contributed by atoms with E-state index in [1.54, 1.807) is 6.07 Å². The predicted molar refractivity (Wildman–Crippen MR) is 133 cm³/mol. The van der Waals surface area contributed by atoms with Gasteiger partial charge in [-0.25, -0.2) is 4.79 Å². The number of ether oxygens (including phenoxy) is 1. The van der Waals surface area contributed by atoms with Crippen LogP contribution in [0.3, 0.4) is 0 Å². The van der Waals surface area contributed by atoms with Crippen LogP contribution in [-0.2, 0) is 26.4 Å². The molecule has 0 bridgehead atoms. The molecule has 35 heavy (non-hydrogen) atoms. The summed E-state index contributed by atoms with van der Waals surface area (Å²) in [5, 5.41) is 12.5. The number of nitrogens with zero attached hydrogens (tertiary/aromatic N) is 1. The summed E-state index contributed by atoms with van der Waals surface area (Å²) in [6.07, 6.45) is 1.74. The Morgan fingerprint density at radius 2 is 1.77 bits per heavy atom. The molecule has 4 rings (SSSR count). The molecular formula is C27H28N4O4. The number of amidine groups is 1. The monoisotopic (exact) mass is 472 g/mol. The number of urea groups is 1. The largest absolute Gasteiger partial charge is 0.469 e. The molecule has 180 valence electrons. The Bertz CT molecular complexity index is 1290. The van der Waals surface area contributed by atoms with Gasteiger partial charge in [-0.3, -0.25) is 19.9 Å². The van der Waals surface area contributed by atoms with Crippen LogP contribution < -0.4 is 11.1 Å². The first-order valence-electron chi connectivity index (χ1n) is 11.5. The molecule has 0 saturated carbocycles. The van der Waals surface area contributed by atoms with Gasteiger partial charge in [0.25, 0.3) is 5.91 Å². The minimum atomic E-state index is -1.19. The third-order valence-corrected chi connectivity index (χ3v) is 6.41. The van der Waals surface area contributed by atoms with Crippen molar-refractivity contribution in [2.75, 3.05) is 7.11 Å². The standard InChI is InChI=1S/C27H28N4O4/c1-35-23(32)9-5-6-14-27(22-7-3-2-4-8-22)25(33)31(26(34)30-27)17-18-10-11-19-12-13-20(24(28)29)16-21(19)15-18/h2-4,7-8,10-13,15-16H,5-6,9,14,17H2,1H3,(H3,28,29)(H,30,34). The summed E-state index contributed by atoms with van der Waals surface area (Å²) in [5.41, 5.74) is 6.55. The lowest BCUT2D eigenvalue weighted by molar-refractivity contribution is -0.140. The number of methoxy groups -OCH3 is 1. The summed E-state index contributed by atoms with van der Waals surface area (Å²) >= 11 is 0. The summed E-state index contributed by atoms with van der Waals surface area (Å²) in [7, 11) is 1.35. The number of imide groups is 1. The summed E-state index contributed by atoms with van der Waals surface area (Å²) in [6.45, 7) is 0.113. The first-order valence-corrected chi connectivity index (χ1v) is 11.5. The van der Waals surface area contributed by atoms with E-state index in [2.05, 4.69) is 5.32 Å². The molecule has 1 unspecified atom stereocenters. The fourth-order valence-corrected chi connectivity index (χ4v) is 4.51. The first kappa shape index (κ1) is 23.9. The lowest BCUT2D eigenvalue weighted by atomic mass is 9.84. The van der Waals surface area contributed by atoms with Crippen LogP contribution in [0.4, 0.5) is 4.79 Å². The SMILES string of the molecule is COC(=O)CCCCC1(c2ccccc2)NC(=O)N(Cc2ccc3ccc(C(=N)N)cc3c2)C1=O. The van der Waals surface area contributed by atoms with E-state index in [-0.39, 0.29) is 30.7 Å². The summed E-state index contributed by atoms with van der Waals surface area (Å²) in [6, 6.07) is 20.0. The molecule has 3 amide bonds. The number of nitrogens with two attached hydrogens (primary N) is 1. The summed E-state index contributed by atoms with van der Waals surface area (Å²) in [5.74, 6) is -0.637. The zero-order chi connectivity index (χ0) is 25.0. The van der Waals surface area contributed by atoms with Gasteiger partial charge in [-0.2, -0.15) is 0 Å². The summed E-state index contributed by atoms with van der Waals surface area (Å²) in [4.78, 5) is 39.5. The lowest BCUT2D eigenvalue weighted by Crippen LogP contribution is -2.44. The van der Waals surface area contributed by atoms with Crippen LogP contribution in [0.25, 0.3) is 10.8 Å². The van der Waals surface area contributed by atoms with Crippen molar-refractivity contribution in [2.24, 2.45) is 5.73 Å². The van der Waals surface area contributed by atoms with E-state index in [1.807, 2.05) is 60.7 Å². The van der Waals surface area contributed by atoms with Crippen molar-refractivity contribution >= 4 is 34.5 Å². The fraction of sp³-hybridized carbons (Fsp3) is 0.259. The topological polar surface area (TPSA) is 126 Å². The van der Waals surface area contributed by atoms with E-state index in [0.717, 1.165) is 16.3 Å². The maximum Gasteiger partial charge on any atom is 0.325 e. The van der Waals surface area contributed by atoms with E-state index in [0.29, 0.717) is 30.4 Å². The van der Waals surface area contributed by atoms with Gasteiger partial charge in [0.1, 0.15) is 11.4 Å². The fourth-order valence-electron chi connectivity index (χ4n) is 4.51. The van der Waals surface area contributed by atoms with Gasteiger partial charge in [-0.05, 0) is 53.3 Å². The van der Waals surface area contributed by atoms with Crippen molar-refractivity contribution in [2.45, 2.75) is 37.8 Å². The molecule has 4 N–H and O–H groups in total. The molecule has 3 aromatic rings. The Labute approximate surface area is 203 Å². The third kappa shape index (κ3) is 4.87. The second-order valence-corrected chi connectivity index (χ2v) is 8.69. The molecule has 8 nitrogen and oxygen atoms in total. The number of rotatable bonds is 9. The number of esters is 1. The average molecular weight is 473 g/mol. The van der Waals surface area contributed by atoms with E-state index in [1.165, 1.54) is 12.0 Å². The Morgan fingerprint density at radius 1 is 1.03 bits per heavy atom. The van der Waals surface area contributed by atoms with Crippen molar-refractivity contribution in [3.63, 3.8) is 0 Å². The number of unbranched alkanes of at least 4 members (excludes halogenated alkanes) is 1. The van der Waals surface area contributed by atoms with Crippen LogP contribution in [0.1, 0.15) is 42.4 Å². The number of amides is 3. The van der Waals surface area contributed by atoms with Crippen LogP contribution in [0.2, 0.25) is 0 Å². The van der Waals surface area contributed by atoms with Crippen LogP contribution >= 0.6 is 0 Å². The zero-order valence-electron chi connectivity index (χ0n) is 19.5. The van der Waals surface area contributed by atoms with Crippen molar-refractivity contribution in [3.8, 4) is 0 Å². The maximum absolute atomic E-state index is 13.7. The highest BCUT2D eigenvalue weighted by atomic mass is 16.5. The van der Waals surface area contributed by atoms with Crippen LogP contribution in [0.5, 0.6) is 0 Å². The van der Waals surface area contributed by atoms with Crippen LogP contribution in [0.15, 0.2) is 66.7 Å². The smallest absolute Gasteiger partial charge is 0.325 e. The molecule has 1 fully saturated rings. The molecule has 1 aliphatic rings. The molecule has 0 aliphatic carbocycles. The maximum atomic E-state index is 13.7. The van der Waals surface area contributed by atoms with E-state index in [9.17, 15) is 14.4 Å². The molecular weight excluding hydrogens is 444 g/mol. The van der Waals surface area contributed by atoms with E-state index >= 15 is 0 Å². The number of benzene rings is 3. The normalized spacial score (nSPS) is 17.5. The number of fused-ring (bicyclic) bond motifs is 1. The number of carbonyl (C=O) groups is 3. The first-order chi connectivity index (χ1) is 16.8. The lowest BCUT2D eigenvalue weighted by Gasteiger charge is -2.27. The van der Waals surface area contributed by atoms with E-state index in [4.69, 9.17) is 15.9 Å². The Balaban J connectivity index is 1.59. The average Bonchev–Trinajstić information content (AvgIpc) is 3.11. The molecule has 0 spiro atoms. The van der Waals surface area contributed by atoms with Crippen molar-refractivity contribution in [1.82, 2.24) is 10.2 Å². The second-order valence-electron chi connectivity index (χ2n) is 8.69.